The molecule has 0 aliphatic rings. The topological polar surface area (TPSA) is 74.6 Å². The van der Waals surface area contributed by atoms with E-state index in [2.05, 4.69) is 26.6 Å². The molecule has 1 aromatic carbocycles. The van der Waals surface area contributed by atoms with Crippen LogP contribution in [0, 0.1) is 0 Å². The third-order valence-corrected chi connectivity index (χ3v) is 4.26. The smallest absolute Gasteiger partial charge is 0.251 e. The first-order chi connectivity index (χ1) is 12.0. The van der Waals surface area contributed by atoms with Gasteiger partial charge in [-0.3, -0.25) is 14.5 Å². The standard InChI is InChI=1S/C18H22BrN3O3/c1-22(2)15(16-4-3-11-25-16)12-21-17(23)9-10-20-18(24)13-5-7-14(19)8-6-13/h3-8,11,15H,9-10,12H2,1-2H3,(H,20,24)(H,21,23)/t15-/m0/s1. The summed E-state index contributed by atoms with van der Waals surface area (Å²) in [6.45, 7) is 0.730. The number of amides is 2. The lowest BCUT2D eigenvalue weighted by Crippen LogP contribution is -2.36. The summed E-state index contributed by atoms with van der Waals surface area (Å²) in [6, 6.07) is 10.7. The highest BCUT2D eigenvalue weighted by Crippen LogP contribution is 2.17. The van der Waals surface area contributed by atoms with E-state index in [0.717, 1.165) is 10.2 Å². The minimum Gasteiger partial charge on any atom is -0.468 e. The van der Waals surface area contributed by atoms with E-state index in [1.165, 1.54) is 0 Å². The van der Waals surface area contributed by atoms with Gasteiger partial charge in [-0.1, -0.05) is 15.9 Å². The highest BCUT2D eigenvalue weighted by molar-refractivity contribution is 9.10. The van der Waals surface area contributed by atoms with E-state index < -0.39 is 0 Å². The summed E-state index contributed by atoms with van der Waals surface area (Å²) in [5, 5.41) is 5.62. The molecule has 1 aromatic heterocycles. The van der Waals surface area contributed by atoms with Gasteiger partial charge in [0.25, 0.3) is 5.91 Å². The van der Waals surface area contributed by atoms with Gasteiger partial charge in [0.15, 0.2) is 0 Å². The Hall–Kier alpha value is -2.12. The summed E-state index contributed by atoms with van der Waals surface area (Å²) in [5.41, 5.74) is 0.564. The monoisotopic (exact) mass is 407 g/mol. The minimum atomic E-state index is -0.193. The Morgan fingerprint density at radius 3 is 2.48 bits per heavy atom. The molecule has 1 atom stereocenters. The van der Waals surface area contributed by atoms with Crippen LogP contribution in [0.25, 0.3) is 0 Å². The van der Waals surface area contributed by atoms with Gasteiger partial charge in [0.2, 0.25) is 5.91 Å². The average molecular weight is 408 g/mol. The number of nitrogens with one attached hydrogen (secondary N) is 2. The molecule has 0 spiro atoms. The number of benzene rings is 1. The van der Waals surface area contributed by atoms with Gasteiger partial charge >= 0.3 is 0 Å². The van der Waals surface area contributed by atoms with Gasteiger partial charge in [-0.25, -0.2) is 0 Å². The van der Waals surface area contributed by atoms with E-state index in [1.807, 2.05) is 31.1 Å². The zero-order valence-electron chi connectivity index (χ0n) is 14.3. The van der Waals surface area contributed by atoms with Crippen molar-refractivity contribution in [1.82, 2.24) is 15.5 Å². The molecular weight excluding hydrogens is 386 g/mol. The van der Waals surface area contributed by atoms with Gasteiger partial charge in [0.1, 0.15) is 5.76 Å². The number of nitrogens with zero attached hydrogens (tertiary/aromatic N) is 1. The summed E-state index contributed by atoms with van der Waals surface area (Å²) in [5.74, 6) is 0.491. The Morgan fingerprint density at radius 1 is 1.16 bits per heavy atom. The predicted molar refractivity (Wildman–Crippen MR) is 99.2 cm³/mol. The summed E-state index contributed by atoms with van der Waals surface area (Å²) in [6.07, 6.45) is 1.84. The van der Waals surface area contributed by atoms with Crippen LogP contribution in [0.15, 0.2) is 51.6 Å². The second-order valence-electron chi connectivity index (χ2n) is 5.81. The van der Waals surface area contributed by atoms with Crippen molar-refractivity contribution in [3.8, 4) is 0 Å². The molecule has 25 heavy (non-hydrogen) atoms. The van der Waals surface area contributed by atoms with Crippen molar-refractivity contribution in [3.05, 3.63) is 58.5 Å². The maximum absolute atomic E-state index is 12.0. The Labute approximate surface area is 155 Å². The number of carbonyl (C=O) groups is 2. The van der Waals surface area contributed by atoms with Gasteiger partial charge in [-0.15, -0.1) is 0 Å². The lowest BCUT2D eigenvalue weighted by atomic mass is 10.2. The van der Waals surface area contributed by atoms with Crippen LogP contribution in [0.1, 0.15) is 28.6 Å². The first-order valence-corrected chi connectivity index (χ1v) is 8.77. The van der Waals surface area contributed by atoms with Crippen molar-refractivity contribution in [2.24, 2.45) is 0 Å². The number of hydrogen-bond donors (Lipinski definition) is 2. The van der Waals surface area contributed by atoms with Crippen LogP contribution in [0.2, 0.25) is 0 Å². The molecule has 134 valence electrons. The zero-order chi connectivity index (χ0) is 18.2. The second-order valence-corrected chi connectivity index (χ2v) is 6.73. The van der Waals surface area contributed by atoms with Crippen LogP contribution < -0.4 is 10.6 Å². The molecule has 7 heteroatoms. The van der Waals surface area contributed by atoms with Crippen molar-refractivity contribution < 1.29 is 14.0 Å². The molecule has 2 N–H and O–H groups in total. The summed E-state index contributed by atoms with van der Waals surface area (Å²) >= 11 is 3.32. The number of likely N-dealkylation sites (N-methyl/N-ethyl adjacent to an activating group) is 1. The molecule has 0 saturated carbocycles. The zero-order valence-corrected chi connectivity index (χ0v) is 15.9. The molecule has 0 radical (unpaired) electrons. The number of carbonyl (C=O) groups excluding carboxylic acids is 2. The van der Waals surface area contributed by atoms with Crippen LogP contribution in [-0.2, 0) is 4.79 Å². The highest BCUT2D eigenvalue weighted by Gasteiger charge is 2.17. The molecule has 0 saturated heterocycles. The number of halogens is 1. The van der Waals surface area contributed by atoms with Gasteiger partial charge in [0.05, 0.1) is 12.3 Å². The van der Waals surface area contributed by atoms with Crippen molar-refractivity contribution in [1.29, 1.82) is 0 Å². The van der Waals surface area contributed by atoms with Crippen LogP contribution in [0.4, 0.5) is 0 Å². The fraction of sp³-hybridized carbons (Fsp3) is 0.333. The minimum absolute atomic E-state index is 0.0312. The third kappa shape index (κ3) is 6.03. The van der Waals surface area contributed by atoms with E-state index in [1.54, 1.807) is 30.5 Å². The van der Waals surface area contributed by atoms with E-state index in [4.69, 9.17) is 4.42 Å². The van der Waals surface area contributed by atoms with Crippen molar-refractivity contribution in [2.45, 2.75) is 12.5 Å². The van der Waals surface area contributed by atoms with Crippen LogP contribution in [0.5, 0.6) is 0 Å². The summed E-state index contributed by atoms with van der Waals surface area (Å²) < 4.78 is 6.32. The van der Waals surface area contributed by atoms with Gasteiger partial charge in [-0.2, -0.15) is 0 Å². The molecule has 2 aromatic rings. The lowest BCUT2D eigenvalue weighted by Gasteiger charge is -2.22. The molecule has 0 aliphatic heterocycles. The molecule has 1 heterocycles. The summed E-state index contributed by atoms with van der Waals surface area (Å²) in [4.78, 5) is 25.9. The van der Waals surface area contributed by atoms with E-state index in [9.17, 15) is 9.59 Å². The Balaban J connectivity index is 1.73. The van der Waals surface area contributed by atoms with Crippen molar-refractivity contribution >= 4 is 27.7 Å². The SMILES string of the molecule is CN(C)[C@@H](CNC(=O)CCNC(=O)c1ccc(Br)cc1)c1ccco1. The Morgan fingerprint density at radius 2 is 1.88 bits per heavy atom. The molecule has 0 fully saturated rings. The fourth-order valence-electron chi connectivity index (χ4n) is 2.31. The van der Waals surface area contributed by atoms with Gasteiger partial charge in [-0.05, 0) is 50.5 Å². The maximum atomic E-state index is 12.0. The predicted octanol–water partition coefficient (Wildman–Crippen LogP) is 2.58. The lowest BCUT2D eigenvalue weighted by molar-refractivity contribution is -0.121. The number of rotatable bonds is 8. The fourth-order valence-corrected chi connectivity index (χ4v) is 2.57. The quantitative estimate of drug-likeness (QED) is 0.704. The molecule has 2 amide bonds. The van der Waals surface area contributed by atoms with Crippen molar-refractivity contribution in [3.63, 3.8) is 0 Å². The molecular formula is C18H22BrN3O3. The van der Waals surface area contributed by atoms with E-state index >= 15 is 0 Å². The highest BCUT2D eigenvalue weighted by atomic mass is 79.9. The number of furan rings is 1. The first kappa shape index (κ1) is 19.2. The van der Waals surface area contributed by atoms with Crippen LogP contribution in [0.3, 0.4) is 0 Å². The third-order valence-electron chi connectivity index (χ3n) is 3.73. The number of hydrogen-bond acceptors (Lipinski definition) is 4. The Bertz CT molecular complexity index is 684. The molecule has 0 aliphatic carbocycles. The van der Waals surface area contributed by atoms with Crippen LogP contribution >= 0.6 is 15.9 Å². The van der Waals surface area contributed by atoms with Crippen LogP contribution in [-0.4, -0.2) is 43.9 Å². The van der Waals surface area contributed by atoms with Gasteiger partial charge < -0.3 is 15.1 Å². The maximum Gasteiger partial charge on any atom is 0.251 e. The van der Waals surface area contributed by atoms with E-state index in [-0.39, 0.29) is 30.8 Å². The largest absolute Gasteiger partial charge is 0.468 e. The van der Waals surface area contributed by atoms with E-state index in [0.29, 0.717) is 12.1 Å². The normalized spacial score (nSPS) is 12.0. The average Bonchev–Trinajstić information content (AvgIpc) is 3.09. The molecule has 2 rings (SSSR count). The van der Waals surface area contributed by atoms with Gasteiger partial charge in [0, 0.05) is 29.5 Å². The Kier molecular flexibility index (Phi) is 7.21. The summed E-state index contributed by atoms with van der Waals surface area (Å²) in [7, 11) is 3.86. The van der Waals surface area contributed by atoms with Crippen molar-refractivity contribution in [2.75, 3.05) is 27.2 Å². The molecule has 6 nitrogen and oxygen atoms in total. The first-order valence-electron chi connectivity index (χ1n) is 7.97. The second kappa shape index (κ2) is 9.39. The molecule has 0 unspecified atom stereocenters. The molecule has 0 bridgehead atoms.